The van der Waals surface area contributed by atoms with Crippen LogP contribution < -0.4 is 0 Å². The van der Waals surface area contributed by atoms with Crippen molar-refractivity contribution in [2.75, 3.05) is 0 Å². The summed E-state index contributed by atoms with van der Waals surface area (Å²) in [7, 11) is 0. The van der Waals surface area contributed by atoms with E-state index in [2.05, 4.69) is 437 Å². The molecule has 30 rings (SSSR count). The predicted molar refractivity (Wildman–Crippen MR) is 592 cm³/mol. The summed E-state index contributed by atoms with van der Waals surface area (Å²) < 4.78 is 16.5. The summed E-state index contributed by atoms with van der Waals surface area (Å²) in [5.41, 5.74) is 20.9. The quantitative estimate of drug-likeness (QED) is 0.105. The normalized spacial score (nSPS) is 12.2. The van der Waals surface area contributed by atoms with E-state index in [9.17, 15) is 0 Å². The van der Waals surface area contributed by atoms with Gasteiger partial charge in [0.15, 0.2) is 0 Å². The first-order chi connectivity index (χ1) is 66.5. The summed E-state index contributed by atoms with van der Waals surface area (Å²) in [6.07, 6.45) is 0. The molecule has 0 aliphatic carbocycles. The number of hydrogen-bond acceptors (Lipinski definition) is 4. The Hall–Kier alpha value is -14.7. The number of rotatable bonds is 8. The number of fused-ring (bicyclic) bond motifs is 26. The third kappa shape index (κ3) is 11.6. The van der Waals surface area contributed by atoms with Crippen molar-refractivity contribution in [1.82, 2.24) is 0 Å². The molecule has 0 saturated carbocycles. The van der Waals surface area contributed by atoms with E-state index in [1.807, 2.05) is 45.3 Å². The predicted octanol–water partition coefficient (Wildman–Crippen LogP) is 38.1. The van der Waals surface area contributed by atoms with E-state index in [1.54, 1.807) is 0 Å². The van der Waals surface area contributed by atoms with E-state index >= 15 is 0 Å². The summed E-state index contributed by atoms with van der Waals surface area (Å²) in [6.45, 7) is 0. The van der Waals surface area contributed by atoms with Gasteiger partial charge in [0.1, 0.15) is 0 Å². The van der Waals surface area contributed by atoms with Crippen LogP contribution in [0.25, 0.3) is 294 Å². The Morgan fingerprint density at radius 3 is 0.634 bits per heavy atom. The van der Waals surface area contributed by atoms with Crippen LogP contribution in [-0.4, -0.2) is 29.0 Å². The summed E-state index contributed by atoms with van der Waals surface area (Å²) in [5, 5.41) is 36.8. The van der Waals surface area contributed by atoms with E-state index in [-0.39, 0.29) is 29.0 Å². The zero-order valence-electron chi connectivity index (χ0n) is 72.0. The Balaban J connectivity index is 0.000000131. The number of benzene rings is 24. The third-order valence-corrected chi connectivity index (χ3v) is 38.3. The van der Waals surface area contributed by atoms with Gasteiger partial charge in [-0.3, -0.25) is 0 Å². The zero-order valence-corrected chi connectivity index (χ0v) is 78.7. The Kier molecular flexibility index (Phi) is 17.5. The fourth-order valence-electron chi connectivity index (χ4n) is 22.9. The molecule has 30 aromatic rings. The number of thiophene rings is 4. The monoisotopic (exact) mass is 1900 g/mol. The molecule has 0 amide bonds. The molecule has 0 saturated heterocycles. The number of hydrogen-bond donors (Lipinski definition) is 0. The van der Waals surface area contributed by atoms with Crippen molar-refractivity contribution in [3.63, 3.8) is 0 Å². The molecule has 620 valence electrons. The minimum atomic E-state index is 0.125. The zero-order chi connectivity index (χ0) is 87.5. The molecule has 0 atom stereocenters. The maximum absolute atomic E-state index is 2.51. The Bertz CT molecular complexity index is 10100. The van der Waals surface area contributed by atoms with Crippen LogP contribution >= 0.6 is 45.3 Å². The molecule has 0 bridgehead atoms. The van der Waals surface area contributed by atoms with Crippen molar-refractivity contribution in [2.45, 2.75) is 0 Å². The van der Waals surface area contributed by atoms with E-state index in [4.69, 9.17) is 0 Å². The second-order valence-electron chi connectivity index (χ2n) is 35.5. The van der Waals surface area contributed by atoms with Gasteiger partial charge >= 0.3 is 735 Å². The fraction of sp³-hybridized carbons (Fsp3) is 0. The molecule has 0 aliphatic heterocycles. The second-order valence-corrected chi connectivity index (χ2v) is 44.2. The van der Waals surface area contributed by atoms with Crippen molar-refractivity contribution >= 4 is 280 Å². The first kappa shape index (κ1) is 76.9. The standard InChI is InChI=1S/2C64H36S2Se/c1-3-20-42-40(18-1)58(41-19-2-4-21-43(41)59(42)51-29-13-26-48-38-16-9-11-32-55(38)65-62(48)51)37-34-35-57-54(36-37)50-28-15-31-53(64(50)67-57)61-46-24-7-5-22-44(46)60(45-23-6-8-25-47(45)61)52-30-14-27-49-39-17-10-12-33-56(39)66-63(49)52;1-3-18-46-44(16-1)60(45-17-2-4-19-47(45)61(46)38-28-31-42-40-14-9-11-26-55(40)65-57(42)35-38)37-30-33-59-54(34-37)52-24-13-25-53(64(52)67-59)63-50-22-7-5-20-48(50)62(49-21-6-8-23-51(49)63)39-29-32-43-41-15-10-12-27-56(41)66-58(43)36-39/h2*1-36H. The SMILES string of the molecule is c1ccc2c(c1)sc1c(-c3c4ccccc4c(-c4ccc5[se]c6c(-c7c8ccccc8c(-c8cccc9c8sc8ccccc89)c8ccccc78)cccc6c5c4)c4ccccc34)cccc12.c1ccc2c(c1)sc1cc(-c3c4ccccc4c(-c4ccc5[se]c6c(-c7c8ccccc8c(-c8ccc9c(c8)sc8ccccc89)c8ccccc78)cccc6c5c4)c4ccccc34)ccc12. The maximum atomic E-state index is 2.51. The third-order valence-electron chi connectivity index (χ3n) is 28.5. The molecule has 0 N–H and O–H groups in total. The molecule has 0 aliphatic rings. The molecule has 6 heteroatoms. The van der Waals surface area contributed by atoms with Gasteiger partial charge in [-0.15, -0.1) is 0 Å². The van der Waals surface area contributed by atoms with Crippen LogP contribution in [0.3, 0.4) is 0 Å². The van der Waals surface area contributed by atoms with Crippen LogP contribution in [0, 0.1) is 0 Å². The van der Waals surface area contributed by atoms with Crippen LogP contribution in [-0.2, 0) is 0 Å². The van der Waals surface area contributed by atoms with Gasteiger partial charge < -0.3 is 0 Å². The average molecular weight is 1900 g/mol. The summed E-state index contributed by atoms with van der Waals surface area (Å²) >= 11 is 7.86. The van der Waals surface area contributed by atoms with E-state index < -0.39 is 0 Å². The van der Waals surface area contributed by atoms with Gasteiger partial charge in [0.25, 0.3) is 0 Å². The molecular formula is C128H72S4Se2. The van der Waals surface area contributed by atoms with Crippen molar-refractivity contribution in [1.29, 1.82) is 0 Å². The van der Waals surface area contributed by atoms with Gasteiger partial charge in [0.2, 0.25) is 0 Å². The molecule has 0 nitrogen and oxygen atoms in total. The molecule has 6 heterocycles. The summed E-state index contributed by atoms with van der Waals surface area (Å²) in [6, 6.07) is 165. The van der Waals surface area contributed by atoms with Gasteiger partial charge in [-0.1, -0.05) is 48.5 Å². The van der Waals surface area contributed by atoms with Crippen molar-refractivity contribution < 1.29 is 0 Å². The van der Waals surface area contributed by atoms with Crippen LogP contribution in [0.2, 0.25) is 0 Å². The van der Waals surface area contributed by atoms with Gasteiger partial charge in [-0.25, -0.2) is 0 Å². The first-order valence-electron chi connectivity index (χ1n) is 45.8. The first-order valence-corrected chi connectivity index (χ1v) is 52.5. The van der Waals surface area contributed by atoms with E-state index in [0.29, 0.717) is 0 Å². The van der Waals surface area contributed by atoms with Crippen LogP contribution in [0.15, 0.2) is 437 Å². The van der Waals surface area contributed by atoms with Crippen LogP contribution in [0.4, 0.5) is 0 Å². The Morgan fingerprint density at radius 2 is 0.336 bits per heavy atom. The fourth-order valence-corrected chi connectivity index (χ4v) is 32.7. The van der Waals surface area contributed by atoms with Gasteiger partial charge in [-0.2, -0.15) is 0 Å². The van der Waals surface area contributed by atoms with Crippen molar-refractivity contribution in [3.05, 3.63) is 437 Å². The van der Waals surface area contributed by atoms with Crippen LogP contribution in [0.1, 0.15) is 0 Å². The van der Waals surface area contributed by atoms with E-state index in [0.717, 1.165) is 0 Å². The Labute approximate surface area is 798 Å². The van der Waals surface area contributed by atoms with Crippen molar-refractivity contribution in [2.24, 2.45) is 0 Å². The van der Waals surface area contributed by atoms with Crippen molar-refractivity contribution in [3.8, 4) is 89.0 Å². The summed E-state index contributed by atoms with van der Waals surface area (Å²) in [4.78, 5) is 0. The second kappa shape index (κ2) is 30.4. The molecular weight excluding hydrogens is 1820 g/mol. The average Bonchev–Trinajstić information content (AvgIpc) is 1.53. The summed E-state index contributed by atoms with van der Waals surface area (Å²) in [5.74, 6) is 0. The molecule has 134 heavy (non-hydrogen) atoms. The molecule has 0 fully saturated rings. The van der Waals surface area contributed by atoms with E-state index in [1.165, 1.54) is 294 Å². The molecule has 0 unspecified atom stereocenters. The topological polar surface area (TPSA) is 0 Å². The van der Waals surface area contributed by atoms with Gasteiger partial charge in [0, 0.05) is 10.1 Å². The molecule has 0 spiro atoms. The van der Waals surface area contributed by atoms with Gasteiger partial charge in [0.05, 0.1) is 0 Å². The molecule has 24 aromatic carbocycles. The van der Waals surface area contributed by atoms with Gasteiger partial charge in [-0.05, 0) is 12.1 Å². The molecule has 0 radical (unpaired) electrons. The Morgan fingerprint density at radius 1 is 0.127 bits per heavy atom. The molecule has 6 aromatic heterocycles. The van der Waals surface area contributed by atoms with Crippen LogP contribution in [0.5, 0.6) is 0 Å². The minimum absolute atomic E-state index is 0.125.